The molecule has 0 spiro atoms. The van der Waals surface area contributed by atoms with Crippen molar-refractivity contribution in [3.05, 3.63) is 60.7 Å². The SMILES string of the molecule is O=C(CCCOc1ccccc1)N1CCCN(C(=O)CCOc2ccccc2)CC1. The van der Waals surface area contributed by atoms with E-state index in [9.17, 15) is 9.59 Å². The van der Waals surface area contributed by atoms with Gasteiger partial charge in [0.25, 0.3) is 0 Å². The van der Waals surface area contributed by atoms with Gasteiger partial charge in [0.15, 0.2) is 0 Å². The van der Waals surface area contributed by atoms with E-state index < -0.39 is 0 Å². The number of benzene rings is 2. The molecule has 6 heteroatoms. The highest BCUT2D eigenvalue weighted by atomic mass is 16.5. The van der Waals surface area contributed by atoms with Gasteiger partial charge in [0.2, 0.25) is 11.8 Å². The van der Waals surface area contributed by atoms with Crippen LogP contribution in [0.4, 0.5) is 0 Å². The predicted molar refractivity (Wildman–Crippen MR) is 116 cm³/mol. The standard InChI is InChI=1S/C24H30N2O4/c27-23(13-7-19-29-21-9-3-1-4-10-21)25-15-8-16-26(18-17-25)24(28)14-20-30-22-11-5-2-6-12-22/h1-6,9-12H,7-8,13-20H2. The third-order valence-electron chi connectivity index (χ3n) is 5.08. The van der Waals surface area contributed by atoms with Gasteiger partial charge in [-0.2, -0.15) is 0 Å². The van der Waals surface area contributed by atoms with E-state index in [-0.39, 0.29) is 11.8 Å². The highest BCUT2D eigenvalue weighted by Crippen LogP contribution is 2.12. The van der Waals surface area contributed by atoms with E-state index in [1.807, 2.05) is 70.5 Å². The molecule has 0 bridgehead atoms. The lowest BCUT2D eigenvalue weighted by Gasteiger charge is -2.22. The molecular formula is C24H30N2O4. The second-order valence-corrected chi connectivity index (χ2v) is 7.29. The average molecular weight is 411 g/mol. The summed E-state index contributed by atoms with van der Waals surface area (Å²) in [5, 5.41) is 0. The molecule has 0 saturated carbocycles. The lowest BCUT2D eigenvalue weighted by Crippen LogP contribution is -2.37. The largest absolute Gasteiger partial charge is 0.494 e. The van der Waals surface area contributed by atoms with Crippen molar-refractivity contribution in [3.8, 4) is 11.5 Å². The zero-order valence-corrected chi connectivity index (χ0v) is 17.4. The lowest BCUT2D eigenvalue weighted by atomic mass is 10.2. The Hall–Kier alpha value is -3.02. The zero-order chi connectivity index (χ0) is 21.0. The van der Waals surface area contributed by atoms with Crippen LogP contribution in [0.25, 0.3) is 0 Å². The Balaban J connectivity index is 1.33. The predicted octanol–water partition coefficient (Wildman–Crippen LogP) is 3.38. The normalized spacial score (nSPS) is 14.1. The van der Waals surface area contributed by atoms with Crippen molar-refractivity contribution >= 4 is 11.8 Å². The molecule has 0 aromatic heterocycles. The first-order chi connectivity index (χ1) is 14.7. The summed E-state index contributed by atoms with van der Waals surface area (Å²) in [6.07, 6.45) is 2.30. The van der Waals surface area contributed by atoms with Crippen molar-refractivity contribution in [2.24, 2.45) is 0 Å². The molecule has 3 rings (SSSR count). The minimum atomic E-state index is 0.0801. The first-order valence-electron chi connectivity index (χ1n) is 10.6. The Labute approximate surface area is 178 Å². The van der Waals surface area contributed by atoms with Gasteiger partial charge < -0.3 is 19.3 Å². The molecule has 0 atom stereocenters. The van der Waals surface area contributed by atoms with Gasteiger partial charge in [0.05, 0.1) is 19.6 Å². The molecule has 2 amide bonds. The quantitative estimate of drug-likeness (QED) is 0.595. The number of nitrogens with zero attached hydrogens (tertiary/aromatic N) is 2. The molecule has 1 fully saturated rings. The van der Waals surface area contributed by atoms with E-state index >= 15 is 0 Å². The summed E-state index contributed by atoms with van der Waals surface area (Å²) >= 11 is 0. The van der Waals surface area contributed by atoms with Crippen LogP contribution in [0.1, 0.15) is 25.7 Å². The summed E-state index contributed by atoms with van der Waals surface area (Å²) < 4.78 is 11.3. The molecule has 0 radical (unpaired) electrons. The van der Waals surface area contributed by atoms with E-state index in [1.165, 1.54) is 0 Å². The summed E-state index contributed by atoms with van der Waals surface area (Å²) in [5.41, 5.74) is 0. The molecule has 2 aromatic rings. The summed E-state index contributed by atoms with van der Waals surface area (Å²) in [4.78, 5) is 28.7. The van der Waals surface area contributed by atoms with Crippen LogP contribution in [0.2, 0.25) is 0 Å². The van der Waals surface area contributed by atoms with Gasteiger partial charge >= 0.3 is 0 Å². The fourth-order valence-electron chi connectivity index (χ4n) is 3.44. The number of rotatable bonds is 9. The molecule has 1 aliphatic rings. The smallest absolute Gasteiger partial charge is 0.226 e. The van der Waals surface area contributed by atoms with Crippen LogP contribution < -0.4 is 9.47 Å². The van der Waals surface area contributed by atoms with Crippen LogP contribution in [0.3, 0.4) is 0 Å². The molecule has 1 heterocycles. The van der Waals surface area contributed by atoms with Gasteiger partial charge in [-0.25, -0.2) is 0 Å². The molecular weight excluding hydrogens is 380 g/mol. The number of amides is 2. The van der Waals surface area contributed by atoms with Crippen LogP contribution in [0.15, 0.2) is 60.7 Å². The number of ether oxygens (including phenoxy) is 2. The van der Waals surface area contributed by atoms with Crippen molar-refractivity contribution in [1.82, 2.24) is 9.80 Å². The summed E-state index contributed by atoms with van der Waals surface area (Å²) in [7, 11) is 0. The molecule has 1 saturated heterocycles. The number of hydrogen-bond acceptors (Lipinski definition) is 4. The Morgan fingerprint density at radius 1 is 0.667 bits per heavy atom. The van der Waals surface area contributed by atoms with E-state index in [1.54, 1.807) is 0 Å². The molecule has 0 aliphatic carbocycles. The van der Waals surface area contributed by atoms with E-state index in [0.717, 1.165) is 17.9 Å². The van der Waals surface area contributed by atoms with E-state index in [2.05, 4.69) is 0 Å². The third kappa shape index (κ3) is 7.10. The van der Waals surface area contributed by atoms with E-state index in [0.29, 0.717) is 58.7 Å². The van der Waals surface area contributed by atoms with Crippen molar-refractivity contribution < 1.29 is 19.1 Å². The third-order valence-corrected chi connectivity index (χ3v) is 5.08. The van der Waals surface area contributed by atoms with Gasteiger partial charge in [0.1, 0.15) is 11.5 Å². The minimum absolute atomic E-state index is 0.0801. The van der Waals surface area contributed by atoms with Gasteiger partial charge in [-0.05, 0) is 37.1 Å². The first kappa shape index (κ1) is 21.7. The number of para-hydroxylation sites is 2. The minimum Gasteiger partial charge on any atom is -0.494 e. The maximum Gasteiger partial charge on any atom is 0.226 e. The molecule has 0 N–H and O–H groups in total. The number of carbonyl (C=O) groups excluding carboxylic acids is 2. The van der Waals surface area contributed by atoms with Crippen LogP contribution in [-0.2, 0) is 9.59 Å². The molecule has 6 nitrogen and oxygen atoms in total. The molecule has 160 valence electrons. The molecule has 2 aromatic carbocycles. The number of hydrogen-bond donors (Lipinski definition) is 0. The molecule has 1 aliphatic heterocycles. The summed E-state index contributed by atoms with van der Waals surface area (Å²) in [6.45, 7) is 3.44. The Morgan fingerprint density at radius 2 is 1.17 bits per heavy atom. The highest BCUT2D eigenvalue weighted by Gasteiger charge is 2.21. The maximum atomic E-state index is 12.5. The van der Waals surface area contributed by atoms with Crippen molar-refractivity contribution in [3.63, 3.8) is 0 Å². The molecule has 30 heavy (non-hydrogen) atoms. The van der Waals surface area contributed by atoms with Gasteiger partial charge in [-0.1, -0.05) is 36.4 Å². The second-order valence-electron chi connectivity index (χ2n) is 7.29. The number of carbonyl (C=O) groups is 2. The van der Waals surface area contributed by atoms with Gasteiger partial charge in [-0.3, -0.25) is 9.59 Å². The fourth-order valence-corrected chi connectivity index (χ4v) is 3.44. The van der Waals surface area contributed by atoms with Crippen molar-refractivity contribution in [2.75, 3.05) is 39.4 Å². The zero-order valence-electron chi connectivity index (χ0n) is 17.4. The monoisotopic (exact) mass is 410 g/mol. The summed E-state index contributed by atoms with van der Waals surface area (Å²) in [6, 6.07) is 19.1. The Kier molecular flexibility index (Phi) is 8.57. The van der Waals surface area contributed by atoms with Crippen LogP contribution in [0, 0.1) is 0 Å². The van der Waals surface area contributed by atoms with Crippen LogP contribution >= 0.6 is 0 Å². The van der Waals surface area contributed by atoms with Crippen LogP contribution in [0.5, 0.6) is 11.5 Å². The average Bonchev–Trinajstić information content (AvgIpc) is 3.04. The van der Waals surface area contributed by atoms with Gasteiger partial charge in [-0.15, -0.1) is 0 Å². The Morgan fingerprint density at radius 3 is 1.73 bits per heavy atom. The fraction of sp³-hybridized carbons (Fsp3) is 0.417. The topological polar surface area (TPSA) is 59.1 Å². The second kappa shape index (κ2) is 11.9. The Bertz CT molecular complexity index is 782. The lowest BCUT2D eigenvalue weighted by molar-refractivity contribution is -0.134. The van der Waals surface area contributed by atoms with Gasteiger partial charge in [0, 0.05) is 32.6 Å². The van der Waals surface area contributed by atoms with Crippen LogP contribution in [-0.4, -0.2) is 61.0 Å². The first-order valence-corrected chi connectivity index (χ1v) is 10.6. The van der Waals surface area contributed by atoms with E-state index in [4.69, 9.17) is 9.47 Å². The molecule has 0 unspecified atom stereocenters. The van der Waals surface area contributed by atoms with Crippen molar-refractivity contribution in [2.45, 2.75) is 25.7 Å². The maximum absolute atomic E-state index is 12.5. The van der Waals surface area contributed by atoms with Crippen molar-refractivity contribution in [1.29, 1.82) is 0 Å². The summed E-state index contributed by atoms with van der Waals surface area (Å²) in [5.74, 6) is 1.81. The highest BCUT2D eigenvalue weighted by molar-refractivity contribution is 5.77.